The first-order valence-corrected chi connectivity index (χ1v) is 11.0. The largest absolute Gasteiger partial charge is 0.352 e. The molecule has 0 saturated heterocycles. The molecule has 0 aliphatic heterocycles. The highest BCUT2D eigenvalue weighted by Gasteiger charge is 2.10. The van der Waals surface area contributed by atoms with Gasteiger partial charge in [-0.3, -0.25) is 4.99 Å². The third-order valence-corrected chi connectivity index (χ3v) is 6.16. The second-order valence-electron chi connectivity index (χ2n) is 6.29. The van der Waals surface area contributed by atoms with Crippen molar-refractivity contribution in [3.05, 3.63) is 69.2 Å². The molecule has 0 aromatic heterocycles. The average molecular weight is 443 g/mol. The molecule has 0 fully saturated rings. The Balaban J connectivity index is 2.00. The Morgan fingerprint density at radius 3 is 2.43 bits per heavy atom. The molecule has 0 heterocycles. The van der Waals surface area contributed by atoms with E-state index in [1.54, 1.807) is 19.2 Å². The topological polar surface area (TPSA) is 73.8 Å². The SMILES string of the molecule is CN=C(NCc1cccc(CS(=O)(=O)NC)c1)N(C)Cc1ccc(Cl)c(Cl)c1. The number of guanidine groups is 1. The maximum Gasteiger partial charge on any atom is 0.215 e. The van der Waals surface area contributed by atoms with Crippen molar-refractivity contribution in [3.8, 4) is 0 Å². The zero-order valence-electron chi connectivity index (χ0n) is 16.0. The number of sulfonamides is 1. The smallest absolute Gasteiger partial charge is 0.215 e. The van der Waals surface area contributed by atoms with Gasteiger partial charge in [-0.15, -0.1) is 0 Å². The number of nitrogens with zero attached hydrogens (tertiary/aromatic N) is 2. The minimum atomic E-state index is -3.30. The van der Waals surface area contributed by atoms with E-state index in [4.69, 9.17) is 23.2 Å². The molecule has 0 spiro atoms. The summed E-state index contributed by atoms with van der Waals surface area (Å²) in [6.07, 6.45) is 0. The molecule has 0 amide bonds. The Bertz CT molecular complexity index is 949. The molecule has 2 aromatic rings. The normalized spacial score (nSPS) is 12.1. The minimum absolute atomic E-state index is 0.0523. The van der Waals surface area contributed by atoms with Crippen LogP contribution in [0.15, 0.2) is 47.5 Å². The van der Waals surface area contributed by atoms with Gasteiger partial charge in [0.05, 0.1) is 15.8 Å². The third-order valence-electron chi connectivity index (χ3n) is 4.09. The summed E-state index contributed by atoms with van der Waals surface area (Å²) in [5, 5.41) is 4.33. The van der Waals surface area contributed by atoms with E-state index in [0.29, 0.717) is 29.1 Å². The molecule has 0 unspecified atom stereocenters. The molecule has 2 rings (SSSR count). The van der Waals surface area contributed by atoms with Crippen molar-refractivity contribution in [3.63, 3.8) is 0 Å². The lowest BCUT2D eigenvalue weighted by molar-refractivity contribution is 0.476. The van der Waals surface area contributed by atoms with Gasteiger partial charge in [0.25, 0.3) is 0 Å². The predicted octanol–water partition coefficient (Wildman–Crippen LogP) is 3.25. The lowest BCUT2D eigenvalue weighted by Gasteiger charge is -2.22. The highest BCUT2D eigenvalue weighted by atomic mass is 35.5. The second-order valence-corrected chi connectivity index (χ2v) is 9.03. The van der Waals surface area contributed by atoms with Crippen molar-refractivity contribution in [2.24, 2.45) is 4.99 Å². The van der Waals surface area contributed by atoms with E-state index in [1.807, 2.05) is 42.3 Å². The number of hydrogen-bond acceptors (Lipinski definition) is 3. The summed E-state index contributed by atoms with van der Waals surface area (Å²) in [6, 6.07) is 13.0. The van der Waals surface area contributed by atoms with Gasteiger partial charge in [-0.05, 0) is 35.9 Å². The first-order chi connectivity index (χ1) is 13.2. The molecule has 2 N–H and O–H groups in total. The fourth-order valence-electron chi connectivity index (χ4n) is 2.67. The number of halogens is 2. The van der Waals surface area contributed by atoms with Crippen molar-refractivity contribution in [2.45, 2.75) is 18.8 Å². The third kappa shape index (κ3) is 6.67. The number of nitrogens with one attached hydrogen (secondary N) is 2. The first-order valence-electron chi connectivity index (χ1n) is 8.59. The van der Waals surface area contributed by atoms with E-state index < -0.39 is 10.0 Å². The van der Waals surface area contributed by atoms with Crippen molar-refractivity contribution in [1.29, 1.82) is 0 Å². The molecule has 0 atom stereocenters. The number of rotatable bonds is 7. The van der Waals surface area contributed by atoms with Crippen LogP contribution in [0.4, 0.5) is 0 Å². The van der Waals surface area contributed by atoms with Crippen LogP contribution in [-0.2, 0) is 28.9 Å². The van der Waals surface area contributed by atoms with Crippen LogP contribution in [0.25, 0.3) is 0 Å². The summed E-state index contributed by atoms with van der Waals surface area (Å²) in [7, 11) is 1.74. The number of aliphatic imine (C=N–C) groups is 1. The van der Waals surface area contributed by atoms with Crippen LogP contribution in [0.1, 0.15) is 16.7 Å². The molecule has 2 aromatic carbocycles. The summed E-state index contributed by atoms with van der Waals surface area (Å²) in [5.41, 5.74) is 2.71. The molecule has 28 heavy (non-hydrogen) atoms. The Morgan fingerprint density at radius 1 is 1.07 bits per heavy atom. The lowest BCUT2D eigenvalue weighted by atomic mass is 10.1. The first kappa shape index (κ1) is 22.5. The van der Waals surface area contributed by atoms with E-state index in [9.17, 15) is 8.42 Å². The van der Waals surface area contributed by atoms with Crippen LogP contribution in [-0.4, -0.2) is 40.4 Å². The summed E-state index contributed by atoms with van der Waals surface area (Å²) in [4.78, 5) is 6.27. The zero-order valence-corrected chi connectivity index (χ0v) is 18.4. The van der Waals surface area contributed by atoms with Gasteiger partial charge in [0.2, 0.25) is 10.0 Å². The van der Waals surface area contributed by atoms with Gasteiger partial charge in [-0.25, -0.2) is 13.1 Å². The quantitative estimate of drug-likeness (QED) is 0.509. The van der Waals surface area contributed by atoms with Crippen LogP contribution in [0.5, 0.6) is 0 Å². The lowest BCUT2D eigenvalue weighted by Crippen LogP contribution is -2.38. The van der Waals surface area contributed by atoms with E-state index >= 15 is 0 Å². The summed E-state index contributed by atoms with van der Waals surface area (Å²) >= 11 is 12.0. The van der Waals surface area contributed by atoms with Gasteiger partial charge in [0.15, 0.2) is 5.96 Å². The highest BCUT2D eigenvalue weighted by molar-refractivity contribution is 7.88. The zero-order chi connectivity index (χ0) is 20.7. The predicted molar refractivity (Wildman–Crippen MR) is 116 cm³/mol. The molecule has 0 aliphatic carbocycles. The van der Waals surface area contributed by atoms with E-state index in [0.717, 1.165) is 16.7 Å². The van der Waals surface area contributed by atoms with Crippen LogP contribution in [0.3, 0.4) is 0 Å². The van der Waals surface area contributed by atoms with Gasteiger partial charge < -0.3 is 10.2 Å². The van der Waals surface area contributed by atoms with E-state index in [-0.39, 0.29) is 5.75 Å². The Hall–Kier alpha value is -1.80. The molecular formula is C19H24Cl2N4O2S. The molecule has 9 heteroatoms. The second kappa shape index (κ2) is 10.1. The molecule has 6 nitrogen and oxygen atoms in total. The number of hydrogen-bond donors (Lipinski definition) is 2. The standard InChI is InChI=1S/C19H24Cl2N4O2S/c1-22-19(25(3)12-15-7-8-17(20)18(21)10-15)24-11-14-5-4-6-16(9-14)13-28(26,27)23-2/h4-10,23H,11-13H2,1-3H3,(H,22,24). The highest BCUT2D eigenvalue weighted by Crippen LogP contribution is 2.23. The monoisotopic (exact) mass is 442 g/mol. The van der Waals surface area contributed by atoms with Crippen molar-refractivity contribution >= 4 is 39.2 Å². The fraction of sp³-hybridized carbons (Fsp3) is 0.316. The minimum Gasteiger partial charge on any atom is -0.352 e. The van der Waals surface area contributed by atoms with Gasteiger partial charge in [0, 0.05) is 27.2 Å². The van der Waals surface area contributed by atoms with Gasteiger partial charge in [-0.1, -0.05) is 53.5 Å². The van der Waals surface area contributed by atoms with Gasteiger partial charge in [-0.2, -0.15) is 0 Å². The molecule has 0 bridgehead atoms. The molecule has 0 saturated carbocycles. The van der Waals surface area contributed by atoms with Crippen molar-refractivity contribution in [2.75, 3.05) is 21.1 Å². The van der Waals surface area contributed by atoms with Gasteiger partial charge >= 0.3 is 0 Å². The van der Waals surface area contributed by atoms with E-state index in [1.165, 1.54) is 7.05 Å². The maximum absolute atomic E-state index is 11.7. The van der Waals surface area contributed by atoms with Crippen molar-refractivity contribution < 1.29 is 8.42 Å². The molecular weight excluding hydrogens is 419 g/mol. The summed E-state index contributed by atoms with van der Waals surface area (Å²) in [6.45, 7) is 1.13. The molecule has 0 aliphatic rings. The summed E-state index contributed by atoms with van der Waals surface area (Å²) in [5.74, 6) is 0.655. The average Bonchev–Trinajstić information content (AvgIpc) is 2.65. The Labute approximate surface area is 176 Å². The van der Waals surface area contributed by atoms with Crippen LogP contribution in [0, 0.1) is 0 Å². The Morgan fingerprint density at radius 2 is 1.79 bits per heavy atom. The van der Waals surface area contributed by atoms with Crippen molar-refractivity contribution in [1.82, 2.24) is 14.9 Å². The van der Waals surface area contributed by atoms with Crippen LogP contribution < -0.4 is 10.0 Å². The van der Waals surface area contributed by atoms with Crippen LogP contribution >= 0.6 is 23.2 Å². The van der Waals surface area contributed by atoms with Crippen LogP contribution in [0.2, 0.25) is 10.0 Å². The summed E-state index contributed by atoms with van der Waals surface area (Å²) < 4.78 is 25.8. The van der Waals surface area contributed by atoms with E-state index in [2.05, 4.69) is 15.0 Å². The Kier molecular flexibility index (Phi) is 8.12. The van der Waals surface area contributed by atoms with Gasteiger partial charge in [0.1, 0.15) is 0 Å². The number of benzene rings is 2. The molecule has 152 valence electrons. The molecule has 0 radical (unpaired) electrons. The maximum atomic E-state index is 11.7. The fourth-order valence-corrected chi connectivity index (χ4v) is 3.76.